The zero-order valence-corrected chi connectivity index (χ0v) is 10.7. The van der Waals surface area contributed by atoms with Crippen molar-refractivity contribution < 1.29 is 9.13 Å². The van der Waals surface area contributed by atoms with E-state index in [1.54, 1.807) is 6.07 Å². The third-order valence-electron chi connectivity index (χ3n) is 3.61. The monoisotopic (exact) mass is 237 g/mol. The van der Waals surface area contributed by atoms with Crippen molar-refractivity contribution in [1.82, 2.24) is 0 Å². The van der Waals surface area contributed by atoms with Gasteiger partial charge in [0, 0.05) is 12.2 Å². The van der Waals surface area contributed by atoms with Gasteiger partial charge in [-0.1, -0.05) is 13.0 Å². The lowest BCUT2D eigenvalue weighted by atomic mass is 9.90. The van der Waals surface area contributed by atoms with Crippen LogP contribution in [-0.4, -0.2) is 12.7 Å². The molecule has 2 N–H and O–H groups in total. The molecular weight excluding hydrogens is 217 g/mol. The molecule has 0 spiro atoms. The minimum Gasteiger partial charge on any atom is -0.376 e. The molecule has 0 radical (unpaired) electrons. The van der Waals surface area contributed by atoms with E-state index in [1.165, 1.54) is 0 Å². The van der Waals surface area contributed by atoms with Gasteiger partial charge in [-0.3, -0.25) is 0 Å². The normalized spacial score (nSPS) is 26.2. The summed E-state index contributed by atoms with van der Waals surface area (Å²) < 4.78 is 19.6. The van der Waals surface area contributed by atoms with Crippen molar-refractivity contribution >= 4 is 0 Å². The molecule has 0 saturated carbocycles. The highest BCUT2D eigenvalue weighted by atomic mass is 19.1. The maximum Gasteiger partial charge on any atom is 0.128 e. The SMILES string of the molecule is Cc1cc(C)c(C(N)C2OCCC2C)c(F)c1. The molecule has 3 atom stereocenters. The molecule has 2 nitrogen and oxygen atoms in total. The highest BCUT2D eigenvalue weighted by molar-refractivity contribution is 5.35. The predicted octanol–water partition coefficient (Wildman–Crippen LogP) is 2.87. The molecule has 0 aliphatic carbocycles. The van der Waals surface area contributed by atoms with Gasteiger partial charge in [-0.15, -0.1) is 0 Å². The van der Waals surface area contributed by atoms with Gasteiger partial charge < -0.3 is 10.5 Å². The van der Waals surface area contributed by atoms with Crippen LogP contribution in [0.2, 0.25) is 0 Å². The van der Waals surface area contributed by atoms with E-state index >= 15 is 0 Å². The highest BCUT2D eigenvalue weighted by Crippen LogP contribution is 2.32. The Hall–Kier alpha value is -0.930. The van der Waals surface area contributed by atoms with Crippen LogP contribution in [0.1, 0.15) is 36.1 Å². The van der Waals surface area contributed by atoms with E-state index in [9.17, 15) is 4.39 Å². The van der Waals surface area contributed by atoms with E-state index in [0.717, 1.165) is 24.2 Å². The third kappa shape index (κ3) is 2.35. The zero-order chi connectivity index (χ0) is 12.6. The summed E-state index contributed by atoms with van der Waals surface area (Å²) in [6.45, 7) is 6.63. The lowest BCUT2D eigenvalue weighted by Gasteiger charge is -2.24. The van der Waals surface area contributed by atoms with Crippen LogP contribution in [0.25, 0.3) is 0 Å². The van der Waals surface area contributed by atoms with Crippen LogP contribution in [0.5, 0.6) is 0 Å². The van der Waals surface area contributed by atoms with E-state index < -0.39 is 0 Å². The second kappa shape index (κ2) is 4.75. The number of ether oxygens (including phenoxy) is 1. The molecule has 3 unspecified atom stereocenters. The van der Waals surface area contributed by atoms with Crippen LogP contribution >= 0.6 is 0 Å². The molecule has 1 fully saturated rings. The first-order valence-corrected chi connectivity index (χ1v) is 6.14. The molecule has 1 aliphatic heterocycles. The standard InChI is InChI=1S/C14H20FNO/c1-8-6-10(3)12(11(15)7-8)13(16)14-9(2)4-5-17-14/h6-7,9,13-14H,4-5,16H2,1-3H3. The molecule has 3 heteroatoms. The smallest absolute Gasteiger partial charge is 0.128 e. The van der Waals surface area contributed by atoms with Gasteiger partial charge in [-0.05, 0) is 43.4 Å². The molecule has 0 amide bonds. The van der Waals surface area contributed by atoms with E-state index in [2.05, 4.69) is 6.92 Å². The number of benzene rings is 1. The first kappa shape index (κ1) is 12.5. The highest BCUT2D eigenvalue weighted by Gasteiger charge is 2.32. The summed E-state index contributed by atoms with van der Waals surface area (Å²) >= 11 is 0. The van der Waals surface area contributed by atoms with Crippen molar-refractivity contribution in [1.29, 1.82) is 0 Å². The summed E-state index contributed by atoms with van der Waals surface area (Å²) in [7, 11) is 0. The van der Waals surface area contributed by atoms with Gasteiger partial charge in [0.05, 0.1) is 12.1 Å². The van der Waals surface area contributed by atoms with Crippen LogP contribution in [-0.2, 0) is 4.74 Å². The number of rotatable bonds is 2. The van der Waals surface area contributed by atoms with Crippen molar-refractivity contribution in [2.45, 2.75) is 39.3 Å². The molecule has 1 aliphatic rings. The van der Waals surface area contributed by atoms with Crippen LogP contribution in [0.4, 0.5) is 4.39 Å². The summed E-state index contributed by atoms with van der Waals surface area (Å²) in [6.07, 6.45) is 0.941. The van der Waals surface area contributed by atoms with Crippen molar-refractivity contribution in [3.8, 4) is 0 Å². The second-order valence-electron chi connectivity index (χ2n) is 5.10. The first-order valence-electron chi connectivity index (χ1n) is 6.14. The number of hydrogen-bond acceptors (Lipinski definition) is 2. The Balaban J connectivity index is 2.33. The van der Waals surface area contributed by atoms with E-state index in [0.29, 0.717) is 11.5 Å². The average Bonchev–Trinajstić information content (AvgIpc) is 2.62. The molecule has 0 aromatic heterocycles. The van der Waals surface area contributed by atoms with E-state index in [-0.39, 0.29) is 18.0 Å². The molecule has 1 saturated heterocycles. The Kier molecular flexibility index (Phi) is 3.50. The van der Waals surface area contributed by atoms with Gasteiger partial charge in [0.2, 0.25) is 0 Å². The maximum absolute atomic E-state index is 14.0. The van der Waals surface area contributed by atoms with Gasteiger partial charge >= 0.3 is 0 Å². The number of nitrogens with two attached hydrogens (primary N) is 1. The molecular formula is C14H20FNO. The van der Waals surface area contributed by atoms with Crippen LogP contribution in [0, 0.1) is 25.6 Å². The van der Waals surface area contributed by atoms with Crippen LogP contribution in [0.15, 0.2) is 12.1 Å². The number of aryl methyl sites for hydroxylation is 2. The summed E-state index contributed by atoms with van der Waals surface area (Å²) in [5.41, 5.74) is 8.63. The molecule has 1 aromatic rings. The third-order valence-corrected chi connectivity index (χ3v) is 3.61. The summed E-state index contributed by atoms with van der Waals surface area (Å²) in [4.78, 5) is 0. The van der Waals surface area contributed by atoms with Gasteiger partial charge in [0.15, 0.2) is 0 Å². The fourth-order valence-corrected chi connectivity index (χ4v) is 2.69. The summed E-state index contributed by atoms with van der Waals surface area (Å²) in [5.74, 6) is 0.183. The number of halogens is 1. The van der Waals surface area contributed by atoms with Crippen LogP contribution in [0.3, 0.4) is 0 Å². The zero-order valence-electron chi connectivity index (χ0n) is 10.7. The molecule has 0 bridgehead atoms. The Morgan fingerprint density at radius 3 is 2.65 bits per heavy atom. The molecule has 1 aromatic carbocycles. The fraction of sp³-hybridized carbons (Fsp3) is 0.571. The summed E-state index contributed by atoms with van der Waals surface area (Å²) in [5, 5.41) is 0. The topological polar surface area (TPSA) is 35.2 Å². The fourth-order valence-electron chi connectivity index (χ4n) is 2.69. The average molecular weight is 237 g/mol. The van der Waals surface area contributed by atoms with Gasteiger partial charge in [-0.25, -0.2) is 4.39 Å². The molecule has 17 heavy (non-hydrogen) atoms. The molecule has 2 rings (SSSR count). The van der Waals surface area contributed by atoms with Gasteiger partial charge in [-0.2, -0.15) is 0 Å². The predicted molar refractivity (Wildman–Crippen MR) is 66.3 cm³/mol. The Bertz CT molecular complexity index is 396. The largest absolute Gasteiger partial charge is 0.376 e. The summed E-state index contributed by atoms with van der Waals surface area (Å²) in [6, 6.07) is 3.15. The minimum atomic E-state index is -0.368. The molecule has 1 heterocycles. The van der Waals surface area contributed by atoms with Gasteiger partial charge in [0.25, 0.3) is 0 Å². The maximum atomic E-state index is 14.0. The molecule has 94 valence electrons. The Morgan fingerprint density at radius 1 is 1.41 bits per heavy atom. The van der Waals surface area contributed by atoms with Crippen molar-refractivity contribution in [3.63, 3.8) is 0 Å². The van der Waals surface area contributed by atoms with E-state index in [4.69, 9.17) is 10.5 Å². The van der Waals surface area contributed by atoms with Crippen LogP contribution < -0.4 is 5.73 Å². The lowest BCUT2D eigenvalue weighted by Crippen LogP contribution is -2.31. The quantitative estimate of drug-likeness (QED) is 0.858. The van der Waals surface area contributed by atoms with Crippen molar-refractivity contribution in [2.75, 3.05) is 6.61 Å². The van der Waals surface area contributed by atoms with Crippen molar-refractivity contribution in [2.24, 2.45) is 11.7 Å². The minimum absolute atomic E-state index is 0.0640. The Labute approximate surface area is 102 Å². The van der Waals surface area contributed by atoms with E-state index in [1.807, 2.05) is 19.9 Å². The number of hydrogen-bond donors (Lipinski definition) is 1. The second-order valence-corrected chi connectivity index (χ2v) is 5.10. The van der Waals surface area contributed by atoms with Gasteiger partial charge in [0.1, 0.15) is 5.82 Å². The van der Waals surface area contributed by atoms with Crippen molar-refractivity contribution in [3.05, 3.63) is 34.6 Å². The Morgan fingerprint density at radius 2 is 2.12 bits per heavy atom. The lowest BCUT2D eigenvalue weighted by molar-refractivity contribution is 0.0713. The first-order chi connectivity index (χ1) is 8.00.